The van der Waals surface area contributed by atoms with Crippen LogP contribution < -0.4 is 0 Å². The highest BCUT2D eigenvalue weighted by Gasteiger charge is 2.41. The van der Waals surface area contributed by atoms with Crippen LogP contribution in [0.1, 0.15) is 51.9 Å². The first-order chi connectivity index (χ1) is 7.14. The van der Waals surface area contributed by atoms with Crippen molar-refractivity contribution >= 4 is 5.97 Å². The highest BCUT2D eigenvalue weighted by atomic mass is 19.1. The Morgan fingerprint density at radius 2 is 2.07 bits per heavy atom. The van der Waals surface area contributed by atoms with Crippen LogP contribution in [0.15, 0.2) is 0 Å². The SMILES string of the molecule is CCCC1CCC(CCF)(C(=O)O)CC1. The summed E-state index contributed by atoms with van der Waals surface area (Å²) in [5.41, 5.74) is -0.751. The summed E-state index contributed by atoms with van der Waals surface area (Å²) in [7, 11) is 0. The maximum atomic E-state index is 12.4. The third-order valence-corrected chi connectivity index (χ3v) is 3.79. The fourth-order valence-electron chi connectivity index (χ4n) is 2.68. The van der Waals surface area contributed by atoms with Crippen LogP contribution in [0.25, 0.3) is 0 Å². The van der Waals surface area contributed by atoms with Gasteiger partial charge < -0.3 is 5.11 Å². The molecule has 0 heterocycles. The van der Waals surface area contributed by atoms with Crippen molar-refractivity contribution in [2.75, 3.05) is 6.67 Å². The van der Waals surface area contributed by atoms with Crippen LogP contribution in [0, 0.1) is 11.3 Å². The summed E-state index contributed by atoms with van der Waals surface area (Å²) in [5, 5.41) is 9.17. The zero-order valence-corrected chi connectivity index (χ0v) is 9.47. The highest BCUT2D eigenvalue weighted by Crippen LogP contribution is 2.43. The Bertz CT molecular complexity index is 208. The Morgan fingerprint density at radius 1 is 1.47 bits per heavy atom. The molecule has 2 nitrogen and oxygen atoms in total. The molecule has 0 bridgehead atoms. The van der Waals surface area contributed by atoms with Crippen molar-refractivity contribution in [3.05, 3.63) is 0 Å². The molecule has 0 atom stereocenters. The van der Waals surface area contributed by atoms with Gasteiger partial charge in [-0.3, -0.25) is 9.18 Å². The standard InChI is InChI=1S/C12H21FO2/c1-2-3-10-4-6-12(7-5-10,8-9-13)11(14)15/h10H,2-9H2,1H3,(H,14,15). The average molecular weight is 216 g/mol. The molecule has 1 aliphatic rings. The normalized spacial score (nSPS) is 31.5. The van der Waals surface area contributed by atoms with Gasteiger partial charge in [0.25, 0.3) is 0 Å². The molecule has 3 heteroatoms. The first-order valence-corrected chi connectivity index (χ1v) is 5.94. The number of carboxylic acids is 1. The van der Waals surface area contributed by atoms with Crippen molar-refractivity contribution < 1.29 is 14.3 Å². The molecule has 0 saturated heterocycles. The molecule has 0 unspecified atom stereocenters. The average Bonchev–Trinajstić information content (AvgIpc) is 2.21. The Labute approximate surface area is 90.9 Å². The summed E-state index contributed by atoms with van der Waals surface area (Å²) < 4.78 is 12.4. The number of alkyl halides is 1. The van der Waals surface area contributed by atoms with Crippen LogP contribution in [-0.4, -0.2) is 17.8 Å². The van der Waals surface area contributed by atoms with E-state index in [1.807, 2.05) is 0 Å². The zero-order chi connectivity index (χ0) is 11.3. The smallest absolute Gasteiger partial charge is 0.309 e. The minimum Gasteiger partial charge on any atom is -0.481 e. The van der Waals surface area contributed by atoms with Gasteiger partial charge in [0.15, 0.2) is 0 Å². The van der Waals surface area contributed by atoms with Crippen LogP contribution in [0.3, 0.4) is 0 Å². The van der Waals surface area contributed by atoms with E-state index in [1.54, 1.807) is 0 Å². The first kappa shape index (κ1) is 12.5. The quantitative estimate of drug-likeness (QED) is 0.764. The van der Waals surface area contributed by atoms with E-state index in [9.17, 15) is 9.18 Å². The number of halogens is 1. The van der Waals surface area contributed by atoms with Gasteiger partial charge in [-0.1, -0.05) is 19.8 Å². The number of carbonyl (C=O) groups is 1. The van der Waals surface area contributed by atoms with Crippen LogP contribution in [0.4, 0.5) is 4.39 Å². The molecule has 0 spiro atoms. The summed E-state index contributed by atoms with van der Waals surface area (Å²) >= 11 is 0. The second kappa shape index (κ2) is 5.47. The molecule has 88 valence electrons. The molecule has 0 aromatic heterocycles. The third-order valence-electron chi connectivity index (χ3n) is 3.79. The van der Waals surface area contributed by atoms with Gasteiger partial charge in [-0.15, -0.1) is 0 Å². The predicted octanol–water partition coefficient (Wildman–Crippen LogP) is 3.41. The van der Waals surface area contributed by atoms with Crippen LogP contribution in [0.2, 0.25) is 0 Å². The zero-order valence-electron chi connectivity index (χ0n) is 9.47. The van der Waals surface area contributed by atoms with Crippen molar-refractivity contribution in [3.8, 4) is 0 Å². The summed E-state index contributed by atoms with van der Waals surface area (Å²) in [6.45, 7) is 1.64. The van der Waals surface area contributed by atoms with Gasteiger partial charge in [0.05, 0.1) is 12.1 Å². The lowest BCUT2D eigenvalue weighted by atomic mass is 9.68. The Morgan fingerprint density at radius 3 is 2.47 bits per heavy atom. The van der Waals surface area contributed by atoms with E-state index in [2.05, 4.69) is 6.92 Å². The first-order valence-electron chi connectivity index (χ1n) is 5.94. The van der Waals surface area contributed by atoms with Gasteiger partial charge in [0.1, 0.15) is 0 Å². The van der Waals surface area contributed by atoms with Crippen LogP contribution in [-0.2, 0) is 4.79 Å². The fraction of sp³-hybridized carbons (Fsp3) is 0.917. The molecule has 1 fully saturated rings. The van der Waals surface area contributed by atoms with E-state index >= 15 is 0 Å². The molecular formula is C12H21FO2. The van der Waals surface area contributed by atoms with E-state index in [0.29, 0.717) is 18.8 Å². The summed E-state index contributed by atoms with van der Waals surface area (Å²) in [5.74, 6) is -0.128. The van der Waals surface area contributed by atoms with Crippen molar-refractivity contribution in [1.82, 2.24) is 0 Å². The monoisotopic (exact) mass is 216 g/mol. The molecule has 1 aliphatic carbocycles. The Kier molecular flexibility index (Phi) is 4.55. The van der Waals surface area contributed by atoms with E-state index in [4.69, 9.17) is 5.11 Å². The topological polar surface area (TPSA) is 37.3 Å². The summed E-state index contributed by atoms with van der Waals surface area (Å²) in [6.07, 6.45) is 5.79. The maximum Gasteiger partial charge on any atom is 0.309 e. The molecule has 15 heavy (non-hydrogen) atoms. The Balaban J connectivity index is 2.53. The minimum absolute atomic E-state index is 0.196. The van der Waals surface area contributed by atoms with Crippen LogP contribution in [0.5, 0.6) is 0 Å². The van der Waals surface area contributed by atoms with Crippen molar-refractivity contribution in [3.63, 3.8) is 0 Å². The molecule has 0 aromatic rings. The van der Waals surface area contributed by atoms with Gasteiger partial charge in [-0.05, 0) is 38.0 Å². The number of carboxylic acid groups (broad SMARTS) is 1. The Hall–Kier alpha value is -0.600. The predicted molar refractivity (Wildman–Crippen MR) is 57.5 cm³/mol. The number of hydrogen-bond acceptors (Lipinski definition) is 1. The molecular weight excluding hydrogens is 195 g/mol. The van der Waals surface area contributed by atoms with E-state index in [-0.39, 0.29) is 6.42 Å². The second-order valence-corrected chi connectivity index (χ2v) is 4.76. The van der Waals surface area contributed by atoms with Gasteiger partial charge in [-0.2, -0.15) is 0 Å². The summed E-state index contributed by atoms with van der Waals surface area (Å²) in [4.78, 5) is 11.2. The number of hydrogen-bond donors (Lipinski definition) is 1. The lowest BCUT2D eigenvalue weighted by Crippen LogP contribution is -2.36. The van der Waals surface area contributed by atoms with Gasteiger partial charge in [0, 0.05) is 0 Å². The largest absolute Gasteiger partial charge is 0.481 e. The molecule has 1 saturated carbocycles. The van der Waals surface area contributed by atoms with Gasteiger partial charge in [-0.25, -0.2) is 0 Å². The van der Waals surface area contributed by atoms with Crippen molar-refractivity contribution in [2.24, 2.45) is 11.3 Å². The van der Waals surface area contributed by atoms with Crippen molar-refractivity contribution in [1.29, 1.82) is 0 Å². The van der Waals surface area contributed by atoms with E-state index in [0.717, 1.165) is 19.3 Å². The second-order valence-electron chi connectivity index (χ2n) is 4.76. The maximum absolute atomic E-state index is 12.4. The molecule has 0 radical (unpaired) electrons. The molecule has 0 aromatic carbocycles. The van der Waals surface area contributed by atoms with E-state index < -0.39 is 18.1 Å². The molecule has 0 aliphatic heterocycles. The van der Waals surface area contributed by atoms with E-state index in [1.165, 1.54) is 6.42 Å². The lowest BCUT2D eigenvalue weighted by molar-refractivity contribution is -0.152. The highest BCUT2D eigenvalue weighted by molar-refractivity contribution is 5.74. The van der Waals surface area contributed by atoms with Gasteiger partial charge in [0.2, 0.25) is 0 Å². The molecule has 1 N–H and O–H groups in total. The lowest BCUT2D eigenvalue weighted by Gasteiger charge is -2.36. The number of rotatable bonds is 5. The van der Waals surface area contributed by atoms with Crippen molar-refractivity contribution in [2.45, 2.75) is 51.9 Å². The van der Waals surface area contributed by atoms with Crippen LogP contribution >= 0.6 is 0 Å². The molecule has 1 rings (SSSR count). The fourth-order valence-corrected chi connectivity index (χ4v) is 2.68. The third kappa shape index (κ3) is 2.93. The van der Waals surface area contributed by atoms with Gasteiger partial charge >= 0.3 is 5.97 Å². The minimum atomic E-state index is -0.796. The molecule has 0 amide bonds. The summed E-state index contributed by atoms with van der Waals surface area (Å²) in [6, 6.07) is 0. The number of aliphatic carboxylic acids is 1.